The van der Waals surface area contributed by atoms with Gasteiger partial charge in [-0.3, -0.25) is 4.90 Å². The lowest BCUT2D eigenvalue weighted by atomic mass is 9.68. The molecular weight excluding hydrogens is 222 g/mol. The molecule has 108 valence electrons. The van der Waals surface area contributed by atoms with Crippen molar-refractivity contribution in [3.8, 4) is 0 Å². The summed E-state index contributed by atoms with van der Waals surface area (Å²) >= 11 is 0. The summed E-state index contributed by atoms with van der Waals surface area (Å²) in [4.78, 5) is 2.62. The molecule has 2 nitrogen and oxygen atoms in total. The Bertz CT molecular complexity index is 244. The van der Waals surface area contributed by atoms with Gasteiger partial charge in [-0.05, 0) is 57.4 Å². The predicted molar refractivity (Wildman–Crippen MR) is 78.7 cm³/mol. The van der Waals surface area contributed by atoms with Crippen molar-refractivity contribution >= 4 is 0 Å². The van der Waals surface area contributed by atoms with E-state index >= 15 is 0 Å². The van der Waals surface area contributed by atoms with Crippen molar-refractivity contribution in [2.24, 2.45) is 11.3 Å². The van der Waals surface area contributed by atoms with E-state index in [-0.39, 0.29) is 6.10 Å². The molecule has 1 saturated carbocycles. The van der Waals surface area contributed by atoms with Crippen molar-refractivity contribution in [2.45, 2.75) is 85.4 Å². The maximum atomic E-state index is 10.0. The number of aliphatic hydroxyl groups excluding tert-OH is 1. The highest BCUT2D eigenvalue weighted by Crippen LogP contribution is 2.41. The van der Waals surface area contributed by atoms with Gasteiger partial charge in [0, 0.05) is 12.1 Å². The van der Waals surface area contributed by atoms with Crippen LogP contribution in [0.25, 0.3) is 0 Å². The molecule has 1 aliphatic carbocycles. The van der Waals surface area contributed by atoms with Crippen LogP contribution in [0, 0.1) is 11.3 Å². The molecule has 0 aromatic rings. The van der Waals surface area contributed by atoms with Gasteiger partial charge in [-0.15, -0.1) is 0 Å². The molecule has 3 unspecified atom stereocenters. The SMILES string of the molecule is CCCN(C(C)C)C1CC(O)CCC1C(C)(C)C. The van der Waals surface area contributed by atoms with Gasteiger partial charge in [0.2, 0.25) is 0 Å². The first-order valence-corrected chi connectivity index (χ1v) is 7.71. The first kappa shape index (κ1) is 16.0. The first-order valence-electron chi connectivity index (χ1n) is 7.71. The number of hydrogen-bond donors (Lipinski definition) is 1. The molecule has 0 aromatic heterocycles. The molecule has 1 aliphatic rings. The third-order valence-corrected chi connectivity index (χ3v) is 4.47. The van der Waals surface area contributed by atoms with E-state index in [0.29, 0.717) is 23.4 Å². The second-order valence-electron chi connectivity index (χ2n) is 7.34. The van der Waals surface area contributed by atoms with Crippen molar-refractivity contribution in [3.63, 3.8) is 0 Å². The minimum Gasteiger partial charge on any atom is -0.393 e. The second-order valence-corrected chi connectivity index (χ2v) is 7.34. The Kier molecular flexibility index (Phi) is 5.67. The van der Waals surface area contributed by atoms with Crippen molar-refractivity contribution in [2.75, 3.05) is 6.54 Å². The van der Waals surface area contributed by atoms with Crippen LogP contribution >= 0.6 is 0 Å². The molecule has 1 rings (SSSR count). The van der Waals surface area contributed by atoms with Crippen LogP contribution in [0.1, 0.15) is 67.2 Å². The molecule has 0 aliphatic heterocycles. The number of nitrogens with zero attached hydrogens (tertiary/aromatic N) is 1. The molecule has 3 atom stereocenters. The monoisotopic (exact) mass is 255 g/mol. The smallest absolute Gasteiger partial charge is 0.0555 e. The van der Waals surface area contributed by atoms with Crippen LogP contribution in [0.2, 0.25) is 0 Å². The molecule has 0 bridgehead atoms. The van der Waals surface area contributed by atoms with Gasteiger partial charge in [-0.25, -0.2) is 0 Å². The lowest BCUT2D eigenvalue weighted by Gasteiger charge is -2.48. The van der Waals surface area contributed by atoms with Crippen molar-refractivity contribution in [1.29, 1.82) is 0 Å². The Balaban J connectivity index is 2.89. The summed E-state index contributed by atoms with van der Waals surface area (Å²) in [5, 5.41) is 10.0. The molecular formula is C16H33NO. The average molecular weight is 255 g/mol. The van der Waals surface area contributed by atoms with Crippen molar-refractivity contribution in [1.82, 2.24) is 4.90 Å². The lowest BCUT2D eigenvalue weighted by molar-refractivity contribution is -0.0230. The van der Waals surface area contributed by atoms with Gasteiger partial charge < -0.3 is 5.11 Å². The van der Waals surface area contributed by atoms with E-state index in [1.165, 1.54) is 12.8 Å². The summed E-state index contributed by atoms with van der Waals surface area (Å²) < 4.78 is 0. The van der Waals surface area contributed by atoms with Crippen LogP contribution in [0.15, 0.2) is 0 Å². The van der Waals surface area contributed by atoms with Crippen molar-refractivity contribution < 1.29 is 5.11 Å². The summed E-state index contributed by atoms with van der Waals surface area (Å²) in [6.45, 7) is 15.0. The van der Waals surface area contributed by atoms with E-state index in [9.17, 15) is 5.11 Å². The fourth-order valence-electron chi connectivity index (χ4n) is 3.57. The first-order chi connectivity index (χ1) is 8.27. The quantitative estimate of drug-likeness (QED) is 0.828. The highest BCUT2D eigenvalue weighted by Gasteiger charge is 2.40. The normalized spacial score (nSPS) is 30.2. The molecule has 0 spiro atoms. The summed E-state index contributed by atoms with van der Waals surface area (Å²) in [6, 6.07) is 1.12. The van der Waals surface area contributed by atoms with Gasteiger partial charge in [0.05, 0.1) is 6.10 Å². The van der Waals surface area contributed by atoms with Gasteiger partial charge in [0.1, 0.15) is 0 Å². The predicted octanol–water partition coefficient (Wildman–Crippen LogP) is 3.68. The fourth-order valence-corrected chi connectivity index (χ4v) is 3.57. The molecule has 1 fully saturated rings. The molecule has 0 amide bonds. The Labute approximate surface area is 114 Å². The van der Waals surface area contributed by atoms with E-state index in [1.54, 1.807) is 0 Å². The summed E-state index contributed by atoms with van der Waals surface area (Å²) in [5.74, 6) is 0.704. The number of hydrogen-bond acceptors (Lipinski definition) is 2. The zero-order valence-corrected chi connectivity index (χ0v) is 13.2. The molecule has 0 aromatic carbocycles. The van der Waals surface area contributed by atoms with E-state index < -0.39 is 0 Å². The molecule has 18 heavy (non-hydrogen) atoms. The maximum Gasteiger partial charge on any atom is 0.0555 e. The highest BCUT2D eigenvalue weighted by atomic mass is 16.3. The summed E-state index contributed by atoms with van der Waals surface area (Å²) in [7, 11) is 0. The van der Waals surface area contributed by atoms with Crippen LogP contribution in [0.5, 0.6) is 0 Å². The number of aliphatic hydroxyl groups is 1. The Hall–Kier alpha value is -0.0800. The van der Waals surface area contributed by atoms with Gasteiger partial charge in [-0.2, -0.15) is 0 Å². The van der Waals surface area contributed by atoms with Gasteiger partial charge in [0.25, 0.3) is 0 Å². The molecule has 0 saturated heterocycles. The largest absolute Gasteiger partial charge is 0.393 e. The lowest BCUT2D eigenvalue weighted by Crippen LogP contribution is -2.52. The van der Waals surface area contributed by atoms with Gasteiger partial charge in [0.15, 0.2) is 0 Å². The van der Waals surface area contributed by atoms with E-state index in [0.717, 1.165) is 19.4 Å². The van der Waals surface area contributed by atoms with E-state index in [1.807, 2.05) is 0 Å². The van der Waals surface area contributed by atoms with Gasteiger partial charge >= 0.3 is 0 Å². The van der Waals surface area contributed by atoms with E-state index in [2.05, 4.69) is 46.4 Å². The highest BCUT2D eigenvalue weighted by molar-refractivity contribution is 4.93. The third kappa shape index (κ3) is 3.96. The Morgan fingerprint density at radius 3 is 2.28 bits per heavy atom. The van der Waals surface area contributed by atoms with E-state index in [4.69, 9.17) is 0 Å². The third-order valence-electron chi connectivity index (χ3n) is 4.47. The maximum absolute atomic E-state index is 10.0. The van der Waals surface area contributed by atoms with Crippen LogP contribution in [-0.2, 0) is 0 Å². The minimum absolute atomic E-state index is 0.0910. The second kappa shape index (κ2) is 6.38. The Morgan fingerprint density at radius 2 is 1.83 bits per heavy atom. The van der Waals surface area contributed by atoms with Crippen LogP contribution < -0.4 is 0 Å². The summed E-state index contributed by atoms with van der Waals surface area (Å²) in [6.07, 6.45) is 4.22. The summed E-state index contributed by atoms with van der Waals surface area (Å²) in [5.41, 5.74) is 0.339. The molecule has 2 heteroatoms. The zero-order chi connectivity index (χ0) is 13.9. The zero-order valence-electron chi connectivity index (χ0n) is 13.2. The van der Waals surface area contributed by atoms with Crippen LogP contribution in [0.4, 0.5) is 0 Å². The topological polar surface area (TPSA) is 23.5 Å². The van der Waals surface area contributed by atoms with Crippen molar-refractivity contribution in [3.05, 3.63) is 0 Å². The van der Waals surface area contributed by atoms with Crippen LogP contribution in [-0.4, -0.2) is 34.7 Å². The Morgan fingerprint density at radius 1 is 1.22 bits per heavy atom. The van der Waals surface area contributed by atoms with Gasteiger partial charge in [-0.1, -0.05) is 27.7 Å². The van der Waals surface area contributed by atoms with Crippen LogP contribution in [0.3, 0.4) is 0 Å². The molecule has 1 N–H and O–H groups in total. The molecule has 0 radical (unpaired) electrons. The number of rotatable bonds is 4. The minimum atomic E-state index is -0.0910. The molecule has 0 heterocycles. The average Bonchev–Trinajstić information content (AvgIpc) is 2.23. The standard InChI is InChI=1S/C16H33NO/c1-7-10-17(12(2)3)15-11-13(18)8-9-14(15)16(4,5)6/h12-15,18H,7-11H2,1-6H3. The fraction of sp³-hybridized carbons (Fsp3) is 1.00.